The van der Waals surface area contributed by atoms with Gasteiger partial charge in [0.2, 0.25) is 0 Å². The first-order chi connectivity index (χ1) is 9.01. The third-order valence-electron chi connectivity index (χ3n) is 2.29. The fourth-order valence-electron chi connectivity index (χ4n) is 1.44. The molecule has 96 valence electrons. The second-order valence-electron chi connectivity index (χ2n) is 3.67. The van der Waals surface area contributed by atoms with E-state index in [1.807, 2.05) is 6.07 Å². The Morgan fingerprint density at radius 2 is 1.79 bits per heavy atom. The Balaban J connectivity index is 2.40. The first-order valence-electron chi connectivity index (χ1n) is 5.13. The van der Waals surface area contributed by atoms with E-state index in [1.165, 1.54) is 12.1 Å². The summed E-state index contributed by atoms with van der Waals surface area (Å²) in [7, 11) is 0. The number of hydrogen-bond acceptors (Lipinski definition) is 3. The van der Waals surface area contributed by atoms with Crippen molar-refractivity contribution >= 4 is 29.1 Å². The van der Waals surface area contributed by atoms with E-state index in [9.17, 15) is 8.78 Å². The van der Waals surface area contributed by atoms with E-state index in [2.05, 4.69) is 0 Å². The molecule has 0 aliphatic carbocycles. The molecule has 0 radical (unpaired) electrons. The zero-order chi connectivity index (χ0) is 14.0. The summed E-state index contributed by atoms with van der Waals surface area (Å²) < 4.78 is 27.3. The number of anilines is 1. The summed E-state index contributed by atoms with van der Waals surface area (Å²) >= 11 is 6.80. The molecule has 0 saturated carbocycles. The van der Waals surface area contributed by atoms with Crippen molar-refractivity contribution in [2.75, 3.05) is 5.73 Å². The van der Waals surface area contributed by atoms with E-state index >= 15 is 0 Å². The van der Waals surface area contributed by atoms with Gasteiger partial charge in [-0.3, -0.25) is 0 Å². The number of rotatable bonds is 2. The molecule has 0 fully saturated rings. The Morgan fingerprint density at radius 1 is 1.16 bits per heavy atom. The maximum absolute atomic E-state index is 13.6. The van der Waals surface area contributed by atoms with Crippen LogP contribution in [0.15, 0.2) is 40.1 Å². The predicted octanol–water partition coefficient (Wildman–Crippen LogP) is 4.22. The topological polar surface area (TPSA) is 49.8 Å². The van der Waals surface area contributed by atoms with E-state index < -0.39 is 11.6 Å². The summed E-state index contributed by atoms with van der Waals surface area (Å²) in [4.78, 5) is 0.282. The van der Waals surface area contributed by atoms with Crippen molar-refractivity contribution in [1.29, 1.82) is 5.26 Å². The maximum Gasteiger partial charge on any atom is 0.142 e. The van der Waals surface area contributed by atoms with Crippen molar-refractivity contribution < 1.29 is 8.78 Å². The molecule has 6 heteroatoms. The van der Waals surface area contributed by atoms with Crippen molar-refractivity contribution in [2.24, 2.45) is 0 Å². The molecule has 0 atom stereocenters. The van der Waals surface area contributed by atoms with Crippen LogP contribution in [-0.4, -0.2) is 0 Å². The zero-order valence-corrected chi connectivity index (χ0v) is 11.0. The molecule has 0 bridgehead atoms. The molecule has 2 nitrogen and oxygen atoms in total. The molecule has 0 saturated heterocycles. The fourth-order valence-corrected chi connectivity index (χ4v) is 2.56. The molecule has 0 aliphatic rings. The van der Waals surface area contributed by atoms with Gasteiger partial charge in [-0.15, -0.1) is 0 Å². The highest BCUT2D eigenvalue weighted by Gasteiger charge is 2.14. The molecule has 2 N–H and O–H groups in total. The highest BCUT2D eigenvalue weighted by Crippen LogP contribution is 2.37. The van der Waals surface area contributed by atoms with Crippen molar-refractivity contribution in [1.82, 2.24) is 0 Å². The van der Waals surface area contributed by atoms with Crippen LogP contribution < -0.4 is 5.73 Å². The van der Waals surface area contributed by atoms with Gasteiger partial charge in [0.15, 0.2) is 0 Å². The Morgan fingerprint density at radius 3 is 2.32 bits per heavy atom. The van der Waals surface area contributed by atoms with Gasteiger partial charge in [-0.1, -0.05) is 23.4 Å². The third-order valence-corrected chi connectivity index (χ3v) is 3.89. The SMILES string of the molecule is N#Cc1ccc(Sc2c(F)cc(N)cc2F)c(Cl)c1. The summed E-state index contributed by atoms with van der Waals surface area (Å²) in [6.45, 7) is 0. The van der Waals surface area contributed by atoms with Gasteiger partial charge < -0.3 is 5.73 Å². The molecule has 0 heterocycles. The number of benzene rings is 2. The van der Waals surface area contributed by atoms with Crippen LogP contribution in [0, 0.1) is 23.0 Å². The van der Waals surface area contributed by atoms with Gasteiger partial charge in [0.1, 0.15) is 11.6 Å². The Labute approximate surface area is 117 Å². The molecule has 0 amide bonds. The van der Waals surface area contributed by atoms with Gasteiger partial charge in [-0.05, 0) is 30.3 Å². The standard InChI is InChI=1S/C13H7ClF2N2S/c14-9-3-7(6-17)1-2-12(9)19-13-10(15)4-8(18)5-11(13)16/h1-5H,18H2. The predicted molar refractivity (Wildman–Crippen MR) is 71.1 cm³/mol. The minimum absolute atomic E-state index is 0.0188. The van der Waals surface area contributed by atoms with Gasteiger partial charge in [0.25, 0.3) is 0 Å². The summed E-state index contributed by atoms with van der Waals surface area (Å²) in [6, 6.07) is 8.53. The van der Waals surface area contributed by atoms with Crippen LogP contribution in [0.5, 0.6) is 0 Å². The van der Waals surface area contributed by atoms with Gasteiger partial charge in [-0.2, -0.15) is 5.26 Å². The zero-order valence-electron chi connectivity index (χ0n) is 9.45. The molecule has 2 aromatic carbocycles. The van der Waals surface area contributed by atoms with E-state index in [0.717, 1.165) is 23.9 Å². The first-order valence-corrected chi connectivity index (χ1v) is 6.32. The lowest BCUT2D eigenvalue weighted by atomic mass is 10.2. The Bertz CT molecular complexity index is 660. The first kappa shape index (κ1) is 13.7. The smallest absolute Gasteiger partial charge is 0.142 e. The lowest BCUT2D eigenvalue weighted by Gasteiger charge is -2.07. The minimum atomic E-state index is -0.747. The van der Waals surface area contributed by atoms with Crippen molar-refractivity contribution in [3.63, 3.8) is 0 Å². The quantitative estimate of drug-likeness (QED) is 0.844. The molecular weight excluding hydrogens is 290 g/mol. The molecule has 0 spiro atoms. The second-order valence-corrected chi connectivity index (χ2v) is 5.13. The van der Waals surface area contributed by atoms with Gasteiger partial charge in [0, 0.05) is 10.6 Å². The van der Waals surface area contributed by atoms with Crippen molar-refractivity contribution in [2.45, 2.75) is 9.79 Å². The summed E-state index contributed by atoms with van der Waals surface area (Å²) in [5, 5.41) is 8.98. The van der Waals surface area contributed by atoms with Crippen LogP contribution in [0.1, 0.15) is 5.56 Å². The van der Waals surface area contributed by atoms with Crippen LogP contribution in [0.2, 0.25) is 5.02 Å². The average molecular weight is 297 g/mol. The number of nitrogen functional groups attached to an aromatic ring is 1. The number of halogens is 3. The molecule has 0 aliphatic heterocycles. The van der Waals surface area contributed by atoms with E-state index in [-0.39, 0.29) is 15.6 Å². The lowest BCUT2D eigenvalue weighted by molar-refractivity contribution is 0.542. The number of nitrogens with two attached hydrogens (primary N) is 1. The summed E-state index contributed by atoms with van der Waals surface area (Å²) in [5.41, 5.74) is 5.74. The van der Waals surface area contributed by atoms with Crippen molar-refractivity contribution in [3.05, 3.63) is 52.6 Å². The number of hydrogen-bond donors (Lipinski definition) is 1. The number of nitriles is 1. The molecule has 0 aromatic heterocycles. The maximum atomic E-state index is 13.6. The lowest BCUT2D eigenvalue weighted by Crippen LogP contribution is -1.93. The van der Waals surface area contributed by atoms with Crippen LogP contribution >= 0.6 is 23.4 Å². The second kappa shape index (κ2) is 5.47. The average Bonchev–Trinajstić information content (AvgIpc) is 2.35. The van der Waals surface area contributed by atoms with E-state index in [0.29, 0.717) is 10.5 Å². The largest absolute Gasteiger partial charge is 0.399 e. The van der Waals surface area contributed by atoms with Gasteiger partial charge >= 0.3 is 0 Å². The van der Waals surface area contributed by atoms with E-state index in [1.54, 1.807) is 6.07 Å². The van der Waals surface area contributed by atoms with Crippen molar-refractivity contribution in [3.8, 4) is 6.07 Å². The van der Waals surface area contributed by atoms with Gasteiger partial charge in [0.05, 0.1) is 21.6 Å². The van der Waals surface area contributed by atoms with Gasteiger partial charge in [-0.25, -0.2) is 8.78 Å². The van der Waals surface area contributed by atoms with Crippen LogP contribution in [0.4, 0.5) is 14.5 Å². The fraction of sp³-hybridized carbons (Fsp3) is 0. The highest BCUT2D eigenvalue weighted by atomic mass is 35.5. The molecule has 2 rings (SSSR count). The van der Waals surface area contributed by atoms with E-state index in [4.69, 9.17) is 22.6 Å². The molecule has 0 unspecified atom stereocenters. The third kappa shape index (κ3) is 2.98. The van der Waals surface area contributed by atoms with Crippen LogP contribution in [-0.2, 0) is 0 Å². The molecule has 2 aromatic rings. The normalized spacial score (nSPS) is 10.2. The monoisotopic (exact) mass is 296 g/mol. The van der Waals surface area contributed by atoms with Crippen LogP contribution in [0.25, 0.3) is 0 Å². The Hall–Kier alpha value is -1.77. The van der Waals surface area contributed by atoms with Crippen LogP contribution in [0.3, 0.4) is 0 Å². The molecular formula is C13H7ClF2N2S. The summed E-state index contributed by atoms with van der Waals surface area (Å²) in [6.07, 6.45) is 0. The Kier molecular flexibility index (Phi) is 3.93. The minimum Gasteiger partial charge on any atom is -0.399 e. The number of nitrogens with zero attached hydrogens (tertiary/aromatic N) is 1. The molecule has 19 heavy (non-hydrogen) atoms. The summed E-state index contributed by atoms with van der Waals surface area (Å²) in [5.74, 6) is -1.49. The highest BCUT2D eigenvalue weighted by molar-refractivity contribution is 7.99.